The van der Waals surface area contributed by atoms with E-state index < -0.39 is 11.9 Å². The van der Waals surface area contributed by atoms with Gasteiger partial charge < -0.3 is 14.7 Å². The van der Waals surface area contributed by atoms with E-state index in [-0.39, 0.29) is 17.9 Å². The fourth-order valence-corrected chi connectivity index (χ4v) is 5.92. The molecular formula is C30H29Cl2NO4. The van der Waals surface area contributed by atoms with Crippen LogP contribution in [0.25, 0.3) is 11.1 Å². The molecular weight excluding hydrogens is 509 g/mol. The van der Waals surface area contributed by atoms with Gasteiger partial charge in [0.2, 0.25) is 0 Å². The highest BCUT2D eigenvalue weighted by Crippen LogP contribution is 2.36. The van der Waals surface area contributed by atoms with Gasteiger partial charge in [-0.05, 0) is 71.7 Å². The number of oxime groups is 1. The minimum absolute atomic E-state index is 0.125. The van der Waals surface area contributed by atoms with Crippen molar-refractivity contribution in [1.29, 1.82) is 0 Å². The fraction of sp³-hybridized carbons (Fsp3) is 0.333. The highest BCUT2D eigenvalue weighted by molar-refractivity contribution is 6.40. The van der Waals surface area contributed by atoms with Gasteiger partial charge in [-0.15, -0.1) is 0 Å². The predicted molar refractivity (Wildman–Crippen MR) is 147 cm³/mol. The van der Waals surface area contributed by atoms with Crippen molar-refractivity contribution in [3.63, 3.8) is 0 Å². The molecule has 1 N–H and O–H groups in total. The number of rotatable bonds is 7. The van der Waals surface area contributed by atoms with Crippen molar-refractivity contribution in [1.82, 2.24) is 0 Å². The number of carbonyl (C=O) groups is 1. The van der Waals surface area contributed by atoms with E-state index in [1.54, 1.807) is 12.1 Å². The van der Waals surface area contributed by atoms with Crippen LogP contribution in [0.1, 0.15) is 49.3 Å². The molecule has 37 heavy (non-hydrogen) atoms. The molecule has 3 aromatic carbocycles. The molecule has 0 fully saturated rings. The third-order valence-electron chi connectivity index (χ3n) is 7.27. The van der Waals surface area contributed by atoms with E-state index in [0.29, 0.717) is 34.3 Å². The maximum Gasteiger partial charge on any atom is 0.310 e. The van der Waals surface area contributed by atoms with Gasteiger partial charge in [-0.1, -0.05) is 78.6 Å². The van der Waals surface area contributed by atoms with Gasteiger partial charge in [0.25, 0.3) is 0 Å². The summed E-state index contributed by atoms with van der Waals surface area (Å²) in [5.74, 6) is -0.306. The number of aryl methyl sites for hydroxylation is 1. The molecule has 0 saturated carbocycles. The minimum atomic E-state index is -0.743. The summed E-state index contributed by atoms with van der Waals surface area (Å²) in [5, 5.41) is 15.0. The Hall–Kier alpha value is -3.02. The zero-order chi connectivity index (χ0) is 26.1. The summed E-state index contributed by atoms with van der Waals surface area (Å²) in [5.41, 5.74) is 5.60. The van der Waals surface area contributed by atoms with Crippen molar-refractivity contribution in [2.45, 2.75) is 45.1 Å². The molecule has 1 heterocycles. The van der Waals surface area contributed by atoms with E-state index in [0.717, 1.165) is 40.8 Å². The quantitative estimate of drug-likeness (QED) is 0.336. The van der Waals surface area contributed by atoms with Crippen LogP contribution in [-0.4, -0.2) is 29.5 Å². The molecule has 1 aliphatic heterocycles. The predicted octanol–water partition coefficient (Wildman–Crippen LogP) is 7.62. The third-order valence-corrected chi connectivity index (χ3v) is 7.90. The smallest absolute Gasteiger partial charge is 0.310 e. The Morgan fingerprint density at radius 3 is 2.46 bits per heavy atom. The van der Waals surface area contributed by atoms with E-state index in [4.69, 9.17) is 32.8 Å². The molecule has 5 rings (SSSR count). The normalized spacial score (nSPS) is 20.8. The number of ether oxygens (including phenoxy) is 1. The van der Waals surface area contributed by atoms with Gasteiger partial charge in [-0.2, -0.15) is 0 Å². The average Bonchev–Trinajstić information content (AvgIpc) is 3.30. The van der Waals surface area contributed by atoms with E-state index in [1.807, 2.05) is 42.5 Å². The molecule has 192 valence electrons. The SMILES string of the molecule is CC(C)C1ON=C(c2c(Cl)cccc2Cl)C1COc1ccc(-c2ccc3c(c2)CCCC3C(=O)O)cc1. The molecule has 3 unspecified atom stereocenters. The molecule has 1 aliphatic carbocycles. The number of fused-ring (bicyclic) bond motifs is 1. The molecule has 0 aromatic heterocycles. The maximum absolute atomic E-state index is 11.6. The Morgan fingerprint density at radius 2 is 1.78 bits per heavy atom. The first-order valence-corrected chi connectivity index (χ1v) is 13.4. The summed E-state index contributed by atoms with van der Waals surface area (Å²) in [6.07, 6.45) is 2.36. The monoisotopic (exact) mass is 537 g/mol. The van der Waals surface area contributed by atoms with Crippen LogP contribution in [0.15, 0.2) is 65.8 Å². The first kappa shape index (κ1) is 25.6. The van der Waals surface area contributed by atoms with Crippen molar-refractivity contribution in [2.75, 3.05) is 6.61 Å². The average molecular weight is 538 g/mol. The summed E-state index contributed by atoms with van der Waals surface area (Å²) in [7, 11) is 0. The molecule has 3 aromatic rings. The topological polar surface area (TPSA) is 68.1 Å². The zero-order valence-corrected chi connectivity index (χ0v) is 22.3. The van der Waals surface area contributed by atoms with Gasteiger partial charge in [-0.3, -0.25) is 4.79 Å². The minimum Gasteiger partial charge on any atom is -0.493 e. The molecule has 3 atom stereocenters. The standard InChI is InChI=1S/C30H29Cl2NO4/c1-17(2)29-24(28(33-37-29)27-25(31)7-4-8-26(27)32)16-36-21-12-9-18(10-13-21)19-11-14-22-20(15-19)5-3-6-23(22)30(34)35/h4,7-15,17,23-24,29H,3,5-6,16H2,1-2H3,(H,34,35). The number of benzene rings is 3. The van der Waals surface area contributed by atoms with Gasteiger partial charge in [0.15, 0.2) is 0 Å². The number of aliphatic carboxylic acids is 1. The van der Waals surface area contributed by atoms with E-state index >= 15 is 0 Å². The fourth-order valence-electron chi connectivity index (χ4n) is 5.33. The van der Waals surface area contributed by atoms with E-state index in [2.05, 4.69) is 25.1 Å². The Labute approximate surface area is 227 Å². The van der Waals surface area contributed by atoms with Crippen LogP contribution < -0.4 is 4.74 Å². The van der Waals surface area contributed by atoms with Crippen molar-refractivity contribution < 1.29 is 19.5 Å². The van der Waals surface area contributed by atoms with Crippen molar-refractivity contribution in [3.8, 4) is 16.9 Å². The van der Waals surface area contributed by atoms with Crippen LogP contribution in [0.5, 0.6) is 5.75 Å². The number of hydrogen-bond donors (Lipinski definition) is 1. The molecule has 0 saturated heterocycles. The second kappa shape index (κ2) is 10.8. The molecule has 0 bridgehead atoms. The van der Waals surface area contributed by atoms with Crippen molar-refractivity contribution in [3.05, 3.63) is 87.4 Å². The van der Waals surface area contributed by atoms with Gasteiger partial charge in [0.05, 0.1) is 21.9 Å². The van der Waals surface area contributed by atoms with Crippen LogP contribution in [0.2, 0.25) is 10.0 Å². The highest BCUT2D eigenvalue weighted by Gasteiger charge is 2.39. The summed E-state index contributed by atoms with van der Waals surface area (Å²) in [6, 6.07) is 19.5. The number of nitrogens with zero attached hydrogens (tertiary/aromatic N) is 1. The van der Waals surface area contributed by atoms with Crippen LogP contribution in [0.3, 0.4) is 0 Å². The summed E-state index contributed by atoms with van der Waals surface area (Å²) >= 11 is 12.9. The first-order valence-electron chi connectivity index (χ1n) is 12.6. The molecule has 2 aliphatic rings. The van der Waals surface area contributed by atoms with Crippen LogP contribution in [0.4, 0.5) is 0 Å². The lowest BCUT2D eigenvalue weighted by atomic mass is 9.81. The zero-order valence-electron chi connectivity index (χ0n) is 20.8. The molecule has 0 radical (unpaired) electrons. The van der Waals surface area contributed by atoms with E-state index in [1.165, 1.54) is 0 Å². The van der Waals surface area contributed by atoms with Gasteiger partial charge >= 0.3 is 5.97 Å². The van der Waals surface area contributed by atoms with Crippen LogP contribution in [0, 0.1) is 11.8 Å². The Balaban J connectivity index is 1.32. The summed E-state index contributed by atoms with van der Waals surface area (Å²) in [4.78, 5) is 17.4. The highest BCUT2D eigenvalue weighted by atomic mass is 35.5. The second-order valence-electron chi connectivity index (χ2n) is 10.0. The van der Waals surface area contributed by atoms with Crippen molar-refractivity contribution in [2.24, 2.45) is 17.0 Å². The Kier molecular flexibility index (Phi) is 7.45. The molecule has 7 heteroatoms. The molecule has 0 amide bonds. The largest absolute Gasteiger partial charge is 0.493 e. The van der Waals surface area contributed by atoms with Gasteiger partial charge in [0, 0.05) is 5.56 Å². The lowest BCUT2D eigenvalue weighted by Crippen LogP contribution is -2.33. The third kappa shape index (κ3) is 5.21. The van der Waals surface area contributed by atoms with Crippen LogP contribution >= 0.6 is 23.2 Å². The lowest BCUT2D eigenvalue weighted by Gasteiger charge is -2.23. The Morgan fingerprint density at radius 1 is 1.08 bits per heavy atom. The molecule has 5 nitrogen and oxygen atoms in total. The van der Waals surface area contributed by atoms with Gasteiger partial charge in [0.1, 0.15) is 24.2 Å². The second-order valence-corrected chi connectivity index (χ2v) is 10.8. The summed E-state index contributed by atoms with van der Waals surface area (Å²) < 4.78 is 6.21. The number of carboxylic acids is 1. The maximum atomic E-state index is 11.6. The first-order chi connectivity index (χ1) is 17.8. The van der Waals surface area contributed by atoms with Gasteiger partial charge in [-0.25, -0.2) is 0 Å². The van der Waals surface area contributed by atoms with Crippen molar-refractivity contribution >= 4 is 34.9 Å². The van der Waals surface area contributed by atoms with Crippen LogP contribution in [-0.2, 0) is 16.1 Å². The summed E-state index contributed by atoms with van der Waals surface area (Å²) in [6.45, 7) is 4.56. The number of carboxylic acid groups (broad SMARTS) is 1. The van der Waals surface area contributed by atoms with E-state index in [9.17, 15) is 9.90 Å². The number of halogens is 2. The Bertz CT molecular complexity index is 1320. The number of hydrogen-bond acceptors (Lipinski definition) is 4. The molecule has 0 spiro atoms. The lowest BCUT2D eigenvalue weighted by molar-refractivity contribution is -0.139.